The van der Waals surface area contributed by atoms with Crippen LogP contribution in [0.3, 0.4) is 0 Å². The Balaban J connectivity index is 4.63. The van der Waals surface area contributed by atoms with Crippen molar-refractivity contribution >= 4 is 21.6 Å². The van der Waals surface area contributed by atoms with Crippen molar-refractivity contribution in [3.8, 4) is 0 Å². The average molecular weight is 284 g/mol. The van der Waals surface area contributed by atoms with Crippen LogP contribution in [-0.4, -0.2) is 36.9 Å². The van der Waals surface area contributed by atoms with Gasteiger partial charge in [0.25, 0.3) is 0 Å². The molecule has 0 amide bonds. The molecule has 0 heterocycles. The highest BCUT2D eigenvalue weighted by atomic mass is 35.5. The van der Waals surface area contributed by atoms with Crippen molar-refractivity contribution in [1.29, 1.82) is 0 Å². The van der Waals surface area contributed by atoms with Crippen LogP contribution in [-0.2, 0) is 10.0 Å². The molecule has 0 fully saturated rings. The summed E-state index contributed by atoms with van der Waals surface area (Å²) in [4.78, 5) is 0. The standard InChI is InChI=1S/C12H26ClNO2S/c1-11(2)14(9-7-12(3,4)5)17(15,16)10-6-8-13/h11H,6-10H2,1-5H3. The highest BCUT2D eigenvalue weighted by Crippen LogP contribution is 2.21. The third-order valence-electron chi connectivity index (χ3n) is 2.55. The van der Waals surface area contributed by atoms with Crippen LogP contribution in [0.15, 0.2) is 0 Å². The molecule has 0 aromatic carbocycles. The summed E-state index contributed by atoms with van der Waals surface area (Å²) in [6.07, 6.45) is 1.38. The van der Waals surface area contributed by atoms with Crippen LogP contribution in [0.2, 0.25) is 0 Å². The molecule has 0 spiro atoms. The van der Waals surface area contributed by atoms with Crippen LogP contribution in [0.1, 0.15) is 47.5 Å². The van der Waals surface area contributed by atoms with E-state index < -0.39 is 10.0 Å². The van der Waals surface area contributed by atoms with Crippen LogP contribution in [0, 0.1) is 5.41 Å². The second kappa shape index (κ2) is 6.95. The first-order valence-corrected chi connectivity index (χ1v) is 8.30. The van der Waals surface area contributed by atoms with E-state index in [0.29, 0.717) is 18.8 Å². The molecular formula is C12H26ClNO2S. The fourth-order valence-corrected chi connectivity index (χ4v) is 3.57. The minimum Gasteiger partial charge on any atom is -0.212 e. The van der Waals surface area contributed by atoms with Gasteiger partial charge in [-0.15, -0.1) is 11.6 Å². The van der Waals surface area contributed by atoms with Crippen molar-refractivity contribution in [3.63, 3.8) is 0 Å². The minimum absolute atomic E-state index is 0.0117. The predicted molar refractivity (Wildman–Crippen MR) is 75.0 cm³/mol. The lowest BCUT2D eigenvalue weighted by molar-refractivity contribution is 0.283. The first-order valence-electron chi connectivity index (χ1n) is 6.15. The highest BCUT2D eigenvalue weighted by Gasteiger charge is 2.25. The van der Waals surface area contributed by atoms with Crippen molar-refractivity contribution in [1.82, 2.24) is 4.31 Å². The topological polar surface area (TPSA) is 37.4 Å². The van der Waals surface area contributed by atoms with Crippen molar-refractivity contribution in [3.05, 3.63) is 0 Å². The molecule has 0 radical (unpaired) electrons. The molecule has 0 atom stereocenters. The number of sulfonamides is 1. The summed E-state index contributed by atoms with van der Waals surface area (Å²) in [5.41, 5.74) is 0.148. The van der Waals surface area contributed by atoms with Crippen LogP contribution in [0.25, 0.3) is 0 Å². The first-order chi connectivity index (χ1) is 7.60. The Morgan fingerprint density at radius 2 is 1.76 bits per heavy atom. The Hall–Kier alpha value is 0.200. The molecule has 0 aliphatic rings. The Kier molecular flexibility index (Phi) is 7.04. The van der Waals surface area contributed by atoms with Gasteiger partial charge in [0.2, 0.25) is 10.0 Å². The largest absolute Gasteiger partial charge is 0.214 e. The molecule has 0 bridgehead atoms. The van der Waals surface area contributed by atoms with E-state index in [0.717, 1.165) is 6.42 Å². The van der Waals surface area contributed by atoms with E-state index in [1.165, 1.54) is 0 Å². The SMILES string of the molecule is CC(C)N(CCC(C)(C)C)S(=O)(=O)CCCCl. The van der Waals surface area contributed by atoms with E-state index in [1.807, 2.05) is 13.8 Å². The summed E-state index contributed by atoms with van der Waals surface area (Å²) in [6, 6.07) is 0.0117. The molecule has 0 N–H and O–H groups in total. The van der Waals surface area contributed by atoms with Crippen LogP contribution >= 0.6 is 11.6 Å². The zero-order valence-electron chi connectivity index (χ0n) is 11.7. The Labute approximate surface area is 112 Å². The third kappa shape index (κ3) is 7.27. The molecule has 0 aliphatic heterocycles. The summed E-state index contributed by atoms with van der Waals surface area (Å²) < 4.78 is 25.8. The molecule has 0 unspecified atom stereocenters. The average Bonchev–Trinajstić information content (AvgIpc) is 2.12. The number of nitrogens with zero attached hydrogens (tertiary/aromatic N) is 1. The van der Waals surface area contributed by atoms with Crippen LogP contribution in [0.5, 0.6) is 0 Å². The third-order valence-corrected chi connectivity index (χ3v) is 4.94. The first kappa shape index (κ1) is 17.2. The van der Waals surface area contributed by atoms with Gasteiger partial charge < -0.3 is 0 Å². The van der Waals surface area contributed by atoms with Gasteiger partial charge in [0.1, 0.15) is 0 Å². The smallest absolute Gasteiger partial charge is 0.212 e. The van der Waals surface area contributed by atoms with Crippen molar-refractivity contribution in [2.45, 2.75) is 53.5 Å². The monoisotopic (exact) mass is 283 g/mol. The van der Waals surface area contributed by atoms with Gasteiger partial charge in [-0.1, -0.05) is 20.8 Å². The fraction of sp³-hybridized carbons (Fsp3) is 1.00. The number of rotatable bonds is 7. The second-order valence-corrected chi connectivity index (χ2v) is 8.29. The fourth-order valence-electron chi connectivity index (χ4n) is 1.52. The number of halogens is 1. The normalized spacial score (nSPS) is 13.6. The summed E-state index contributed by atoms with van der Waals surface area (Å²) >= 11 is 5.56. The van der Waals surface area contributed by atoms with E-state index in [-0.39, 0.29) is 17.2 Å². The molecule has 0 aliphatic carbocycles. The molecule has 3 nitrogen and oxygen atoms in total. The van der Waals surface area contributed by atoms with Gasteiger partial charge in [-0.2, -0.15) is 4.31 Å². The maximum atomic E-state index is 12.1. The van der Waals surface area contributed by atoms with E-state index in [9.17, 15) is 8.42 Å². The summed E-state index contributed by atoms with van der Waals surface area (Å²) in [6.45, 7) is 10.8. The second-order valence-electron chi connectivity index (χ2n) is 5.87. The summed E-state index contributed by atoms with van der Waals surface area (Å²) in [5, 5.41) is 0. The maximum Gasteiger partial charge on any atom is 0.214 e. The molecule has 104 valence electrons. The van der Waals surface area contributed by atoms with Crippen LogP contribution in [0.4, 0.5) is 0 Å². The Morgan fingerprint density at radius 3 is 2.12 bits per heavy atom. The number of hydrogen-bond acceptors (Lipinski definition) is 2. The molecule has 0 rings (SSSR count). The zero-order chi connectivity index (χ0) is 13.7. The molecule has 17 heavy (non-hydrogen) atoms. The molecule has 5 heteroatoms. The van der Waals surface area contributed by atoms with Gasteiger partial charge in [0, 0.05) is 18.5 Å². The summed E-state index contributed by atoms with van der Waals surface area (Å²) in [7, 11) is -3.16. The molecule has 0 aromatic heterocycles. The Bertz CT molecular complexity index is 307. The van der Waals surface area contributed by atoms with Gasteiger partial charge in [0.15, 0.2) is 0 Å². The highest BCUT2D eigenvalue weighted by molar-refractivity contribution is 7.89. The van der Waals surface area contributed by atoms with Gasteiger partial charge in [-0.25, -0.2) is 8.42 Å². The minimum atomic E-state index is -3.16. The molecular weight excluding hydrogens is 258 g/mol. The Morgan fingerprint density at radius 1 is 1.24 bits per heavy atom. The lowest BCUT2D eigenvalue weighted by Crippen LogP contribution is -2.40. The zero-order valence-corrected chi connectivity index (χ0v) is 13.2. The van der Waals surface area contributed by atoms with Crippen LogP contribution < -0.4 is 0 Å². The summed E-state index contributed by atoms with van der Waals surface area (Å²) in [5.74, 6) is 0.545. The quantitative estimate of drug-likeness (QED) is 0.673. The maximum absolute atomic E-state index is 12.1. The number of hydrogen-bond donors (Lipinski definition) is 0. The number of alkyl halides is 1. The molecule has 0 saturated heterocycles. The lowest BCUT2D eigenvalue weighted by atomic mass is 9.92. The van der Waals surface area contributed by atoms with E-state index >= 15 is 0 Å². The van der Waals surface area contributed by atoms with Crippen molar-refractivity contribution in [2.24, 2.45) is 5.41 Å². The van der Waals surface area contributed by atoms with E-state index in [2.05, 4.69) is 20.8 Å². The van der Waals surface area contributed by atoms with Gasteiger partial charge in [-0.05, 0) is 32.1 Å². The van der Waals surface area contributed by atoms with Gasteiger partial charge >= 0.3 is 0 Å². The molecule has 0 aromatic rings. The van der Waals surface area contributed by atoms with E-state index in [4.69, 9.17) is 11.6 Å². The predicted octanol–water partition coefficient (Wildman–Crippen LogP) is 3.09. The van der Waals surface area contributed by atoms with Crippen molar-refractivity contribution < 1.29 is 8.42 Å². The lowest BCUT2D eigenvalue weighted by Gasteiger charge is -2.29. The van der Waals surface area contributed by atoms with E-state index in [1.54, 1.807) is 4.31 Å². The van der Waals surface area contributed by atoms with Gasteiger partial charge in [-0.3, -0.25) is 0 Å². The molecule has 0 saturated carbocycles. The van der Waals surface area contributed by atoms with Gasteiger partial charge in [0.05, 0.1) is 5.75 Å². The van der Waals surface area contributed by atoms with Crippen molar-refractivity contribution in [2.75, 3.05) is 18.2 Å².